The van der Waals surface area contributed by atoms with Crippen LogP contribution in [0.3, 0.4) is 0 Å². The first-order valence-corrected chi connectivity index (χ1v) is 7.84. The van der Waals surface area contributed by atoms with Gasteiger partial charge >= 0.3 is 0 Å². The van der Waals surface area contributed by atoms with Gasteiger partial charge in [-0.1, -0.05) is 25.7 Å². The van der Waals surface area contributed by atoms with Crippen LogP contribution < -0.4 is 5.32 Å². The monoisotopic (exact) mass is 306 g/mol. The molecule has 0 saturated heterocycles. The summed E-state index contributed by atoms with van der Waals surface area (Å²) in [5.41, 5.74) is 0.526. The number of carbonyl (C=O) groups excluding carboxylic acids is 2. The lowest BCUT2D eigenvalue weighted by molar-refractivity contribution is -0.133. The summed E-state index contributed by atoms with van der Waals surface area (Å²) >= 11 is 0. The number of amides is 2. The van der Waals surface area contributed by atoms with Gasteiger partial charge in [-0.15, -0.1) is 0 Å². The van der Waals surface area contributed by atoms with Crippen molar-refractivity contribution >= 4 is 17.5 Å². The molecule has 1 fully saturated rings. The van der Waals surface area contributed by atoms with Gasteiger partial charge in [0, 0.05) is 19.2 Å². The predicted molar refractivity (Wildman–Crippen MR) is 83.9 cm³/mol. The number of likely N-dealkylation sites (N-methyl/N-ethyl adjacent to an activating group) is 1. The van der Waals surface area contributed by atoms with Crippen molar-refractivity contribution in [2.45, 2.75) is 38.5 Å². The molecule has 0 spiro atoms. The maximum Gasteiger partial charge on any atom is 0.243 e. The highest BCUT2D eigenvalue weighted by Gasteiger charge is 2.18. The van der Waals surface area contributed by atoms with Crippen molar-refractivity contribution in [3.63, 3.8) is 0 Å². The highest BCUT2D eigenvalue weighted by atomic mass is 19.1. The quantitative estimate of drug-likeness (QED) is 0.877. The van der Waals surface area contributed by atoms with Crippen molar-refractivity contribution in [3.05, 3.63) is 30.1 Å². The van der Waals surface area contributed by atoms with Crippen molar-refractivity contribution in [2.75, 3.05) is 18.9 Å². The molecule has 4 nitrogen and oxygen atoms in total. The molecule has 0 unspecified atom stereocenters. The minimum Gasteiger partial charge on any atom is -0.336 e. The molecule has 1 N–H and O–H groups in total. The van der Waals surface area contributed by atoms with Crippen LogP contribution in [0.2, 0.25) is 0 Å². The van der Waals surface area contributed by atoms with Crippen molar-refractivity contribution in [3.8, 4) is 0 Å². The van der Waals surface area contributed by atoms with Gasteiger partial charge in [0.1, 0.15) is 5.82 Å². The minimum absolute atomic E-state index is 0.00107. The van der Waals surface area contributed by atoms with Crippen molar-refractivity contribution in [1.29, 1.82) is 0 Å². The Bertz CT molecular complexity index is 510. The summed E-state index contributed by atoms with van der Waals surface area (Å²) in [6.45, 7) is 0.0148. The molecule has 1 aromatic carbocycles. The van der Waals surface area contributed by atoms with E-state index in [0.717, 1.165) is 6.42 Å². The third-order valence-corrected chi connectivity index (χ3v) is 4.18. The van der Waals surface area contributed by atoms with Crippen LogP contribution in [-0.2, 0) is 9.59 Å². The molecule has 0 atom stereocenters. The largest absolute Gasteiger partial charge is 0.336 e. The molecule has 2 amide bonds. The number of halogens is 1. The maximum absolute atomic E-state index is 12.8. The fraction of sp³-hybridized carbons (Fsp3) is 0.529. The Morgan fingerprint density at radius 3 is 2.50 bits per heavy atom. The van der Waals surface area contributed by atoms with Crippen LogP contribution in [0, 0.1) is 11.7 Å². The van der Waals surface area contributed by atoms with Gasteiger partial charge in [-0.25, -0.2) is 4.39 Å². The molecular formula is C17H23FN2O2. The Hall–Kier alpha value is -1.91. The Morgan fingerprint density at radius 2 is 1.86 bits per heavy atom. The number of hydrogen-bond acceptors (Lipinski definition) is 2. The van der Waals surface area contributed by atoms with Gasteiger partial charge in [0.15, 0.2) is 0 Å². The fourth-order valence-corrected chi connectivity index (χ4v) is 2.85. The molecule has 1 saturated carbocycles. The van der Waals surface area contributed by atoms with Crippen molar-refractivity contribution < 1.29 is 14.0 Å². The Balaban J connectivity index is 1.72. The van der Waals surface area contributed by atoms with E-state index >= 15 is 0 Å². The summed E-state index contributed by atoms with van der Waals surface area (Å²) in [7, 11) is 1.64. The van der Waals surface area contributed by atoms with Crippen LogP contribution in [0.1, 0.15) is 38.5 Å². The smallest absolute Gasteiger partial charge is 0.243 e. The lowest BCUT2D eigenvalue weighted by Gasteiger charge is -2.18. The van der Waals surface area contributed by atoms with Crippen LogP contribution >= 0.6 is 0 Å². The van der Waals surface area contributed by atoms with E-state index in [-0.39, 0.29) is 24.2 Å². The van der Waals surface area contributed by atoms with Gasteiger partial charge in [-0.05, 0) is 36.6 Å². The fourth-order valence-electron chi connectivity index (χ4n) is 2.85. The molecule has 22 heavy (non-hydrogen) atoms. The normalized spacial score (nSPS) is 14.8. The van der Waals surface area contributed by atoms with Crippen LogP contribution in [0.25, 0.3) is 0 Å². The van der Waals surface area contributed by atoms with Crippen LogP contribution in [0.15, 0.2) is 24.3 Å². The summed E-state index contributed by atoms with van der Waals surface area (Å²) < 4.78 is 12.8. The van der Waals surface area contributed by atoms with Gasteiger partial charge in [-0.3, -0.25) is 9.59 Å². The van der Waals surface area contributed by atoms with E-state index in [1.54, 1.807) is 7.05 Å². The number of nitrogens with one attached hydrogen (secondary N) is 1. The molecule has 0 aromatic heterocycles. The zero-order valence-electron chi connectivity index (χ0n) is 13.0. The first kappa shape index (κ1) is 16.5. The molecule has 0 heterocycles. The number of rotatable bonds is 6. The van der Waals surface area contributed by atoms with Gasteiger partial charge in [0.25, 0.3) is 0 Å². The Labute approximate surface area is 130 Å². The average Bonchev–Trinajstić information content (AvgIpc) is 3.00. The summed E-state index contributed by atoms with van der Waals surface area (Å²) in [5.74, 6) is 0.0482. The van der Waals surface area contributed by atoms with E-state index < -0.39 is 0 Å². The minimum atomic E-state index is -0.350. The number of nitrogens with zero attached hydrogens (tertiary/aromatic N) is 1. The zero-order valence-corrected chi connectivity index (χ0v) is 13.0. The highest BCUT2D eigenvalue weighted by molar-refractivity contribution is 5.94. The number of benzene rings is 1. The molecule has 1 aliphatic carbocycles. The summed E-state index contributed by atoms with van der Waals surface area (Å²) in [5, 5.41) is 2.65. The first-order valence-electron chi connectivity index (χ1n) is 7.84. The third-order valence-electron chi connectivity index (χ3n) is 4.18. The topological polar surface area (TPSA) is 49.4 Å². The van der Waals surface area contributed by atoms with Crippen LogP contribution in [0.4, 0.5) is 10.1 Å². The summed E-state index contributed by atoms with van der Waals surface area (Å²) in [6, 6.07) is 5.56. The van der Waals surface area contributed by atoms with E-state index in [1.807, 2.05) is 0 Å². The Kier molecular flexibility index (Phi) is 5.92. The van der Waals surface area contributed by atoms with Gasteiger partial charge < -0.3 is 10.2 Å². The second kappa shape index (κ2) is 7.92. The van der Waals surface area contributed by atoms with Gasteiger partial charge in [-0.2, -0.15) is 0 Å². The first-order chi connectivity index (χ1) is 10.5. The van der Waals surface area contributed by atoms with Gasteiger partial charge in [0.2, 0.25) is 11.8 Å². The maximum atomic E-state index is 12.8. The molecular weight excluding hydrogens is 283 g/mol. The Morgan fingerprint density at radius 1 is 1.23 bits per heavy atom. The van der Waals surface area contributed by atoms with E-state index in [9.17, 15) is 14.0 Å². The number of carbonyl (C=O) groups is 2. The van der Waals surface area contributed by atoms with Gasteiger partial charge in [0.05, 0.1) is 6.54 Å². The summed E-state index contributed by atoms with van der Waals surface area (Å²) in [4.78, 5) is 25.4. The SMILES string of the molecule is CN(CC(=O)Nc1ccc(F)cc1)C(=O)CCC1CCCC1. The highest BCUT2D eigenvalue weighted by Crippen LogP contribution is 2.28. The molecule has 2 rings (SSSR count). The van der Waals surface area contributed by atoms with E-state index in [1.165, 1.54) is 54.8 Å². The molecule has 1 aliphatic rings. The standard InChI is InChI=1S/C17H23FN2O2/c1-20(17(22)11-6-13-4-2-3-5-13)12-16(21)19-15-9-7-14(18)8-10-15/h7-10,13H,2-6,11-12H2,1H3,(H,19,21). The van der Waals surface area contributed by atoms with E-state index in [0.29, 0.717) is 18.0 Å². The van der Waals surface area contributed by atoms with Crippen molar-refractivity contribution in [2.24, 2.45) is 5.92 Å². The van der Waals surface area contributed by atoms with E-state index in [4.69, 9.17) is 0 Å². The second-order valence-electron chi connectivity index (χ2n) is 5.99. The molecule has 1 aromatic rings. The zero-order chi connectivity index (χ0) is 15.9. The van der Waals surface area contributed by atoms with Crippen molar-refractivity contribution in [1.82, 2.24) is 4.90 Å². The average molecular weight is 306 g/mol. The third kappa shape index (κ3) is 5.13. The van der Waals surface area contributed by atoms with E-state index in [2.05, 4.69) is 5.32 Å². The van der Waals surface area contributed by atoms with Crippen LogP contribution in [0.5, 0.6) is 0 Å². The number of anilines is 1. The second-order valence-corrected chi connectivity index (χ2v) is 5.99. The number of hydrogen-bond donors (Lipinski definition) is 1. The molecule has 0 bridgehead atoms. The lowest BCUT2D eigenvalue weighted by atomic mass is 10.0. The van der Waals surface area contributed by atoms with Crippen LogP contribution in [-0.4, -0.2) is 30.3 Å². The summed E-state index contributed by atoms with van der Waals surface area (Å²) in [6.07, 6.45) is 6.42. The molecule has 0 aliphatic heterocycles. The predicted octanol–water partition coefficient (Wildman–Crippen LogP) is 3.19. The lowest BCUT2D eigenvalue weighted by Crippen LogP contribution is -2.35. The molecule has 5 heteroatoms. The molecule has 120 valence electrons. The molecule has 0 radical (unpaired) electrons.